The molecule has 0 amide bonds. The SMILES string of the molecule is CC(CC(C)(C)OC(C)(C)CC(C)OC(C)(C)C(=O)CCC(=O)O)OC(C)C(=O)CCC(=O)O. The number of carboxylic acids is 2. The van der Waals surface area contributed by atoms with Crippen LogP contribution in [0.25, 0.3) is 0 Å². The summed E-state index contributed by atoms with van der Waals surface area (Å²) in [5.74, 6) is -2.55. The van der Waals surface area contributed by atoms with Gasteiger partial charge in [0.2, 0.25) is 0 Å². The van der Waals surface area contributed by atoms with Gasteiger partial charge >= 0.3 is 11.9 Å². The lowest BCUT2D eigenvalue weighted by atomic mass is 9.94. The highest BCUT2D eigenvalue weighted by Crippen LogP contribution is 2.31. The second kappa shape index (κ2) is 13.3. The van der Waals surface area contributed by atoms with Crippen molar-refractivity contribution in [3.63, 3.8) is 0 Å². The Morgan fingerprint density at radius 3 is 1.62 bits per heavy atom. The van der Waals surface area contributed by atoms with E-state index in [2.05, 4.69) is 0 Å². The number of ketones is 2. The average Bonchev–Trinajstić information content (AvgIpc) is 2.60. The van der Waals surface area contributed by atoms with Crippen molar-refractivity contribution >= 4 is 23.5 Å². The molecule has 0 aliphatic rings. The summed E-state index contributed by atoms with van der Waals surface area (Å²) in [6.45, 7) is 16.3. The fourth-order valence-corrected chi connectivity index (χ4v) is 4.25. The monoisotopic (exact) mass is 488 g/mol. The van der Waals surface area contributed by atoms with Gasteiger partial charge in [0.1, 0.15) is 11.7 Å². The van der Waals surface area contributed by atoms with Crippen molar-refractivity contribution in [3.8, 4) is 0 Å². The summed E-state index contributed by atoms with van der Waals surface area (Å²) < 4.78 is 18.1. The molecule has 0 heterocycles. The van der Waals surface area contributed by atoms with E-state index >= 15 is 0 Å². The number of carbonyl (C=O) groups is 4. The lowest BCUT2D eigenvalue weighted by Crippen LogP contribution is -2.44. The average molecular weight is 489 g/mol. The number of rotatable bonds is 18. The highest BCUT2D eigenvalue weighted by molar-refractivity contribution is 5.88. The van der Waals surface area contributed by atoms with Crippen molar-refractivity contribution in [1.29, 1.82) is 0 Å². The van der Waals surface area contributed by atoms with Crippen LogP contribution in [0.1, 0.15) is 101 Å². The van der Waals surface area contributed by atoms with Crippen LogP contribution in [0.5, 0.6) is 0 Å². The van der Waals surface area contributed by atoms with Gasteiger partial charge in [-0.25, -0.2) is 0 Å². The Morgan fingerprint density at radius 2 is 1.15 bits per heavy atom. The maximum absolute atomic E-state index is 12.3. The Morgan fingerprint density at radius 1 is 0.706 bits per heavy atom. The topological polar surface area (TPSA) is 136 Å². The van der Waals surface area contributed by atoms with E-state index in [0.717, 1.165) is 0 Å². The predicted molar refractivity (Wildman–Crippen MR) is 127 cm³/mol. The Bertz CT molecular complexity index is 709. The van der Waals surface area contributed by atoms with Gasteiger partial charge in [0.05, 0.1) is 36.3 Å². The molecule has 0 rings (SSSR count). The zero-order valence-corrected chi connectivity index (χ0v) is 22.2. The number of aliphatic carboxylic acids is 2. The normalized spacial score (nSPS) is 15.4. The van der Waals surface area contributed by atoms with Gasteiger partial charge in [-0.3, -0.25) is 19.2 Å². The summed E-state index contributed by atoms with van der Waals surface area (Å²) in [6.07, 6.45) is -0.928. The molecule has 0 radical (unpaired) electrons. The minimum atomic E-state index is -1.11. The van der Waals surface area contributed by atoms with Crippen LogP contribution in [0.15, 0.2) is 0 Å². The molecule has 9 nitrogen and oxygen atoms in total. The second-order valence-corrected chi connectivity index (χ2v) is 10.7. The fraction of sp³-hybridized carbons (Fsp3) is 0.840. The van der Waals surface area contributed by atoms with Gasteiger partial charge in [-0.05, 0) is 62.3 Å². The Balaban J connectivity index is 4.82. The molecule has 0 bridgehead atoms. The minimum absolute atomic E-state index is 0.0663. The Kier molecular flexibility index (Phi) is 12.6. The van der Waals surface area contributed by atoms with Crippen molar-refractivity contribution in [3.05, 3.63) is 0 Å². The third kappa shape index (κ3) is 13.8. The van der Waals surface area contributed by atoms with E-state index in [1.54, 1.807) is 20.8 Å². The molecular weight excluding hydrogens is 444 g/mol. The standard InChI is InChI=1S/C25H44O9/c1-16(32-18(3)19(26)10-12-21(28)29)14-23(4,5)34-24(6,7)15-17(2)33-25(8,9)20(27)11-13-22(30)31/h16-18H,10-15H2,1-9H3,(H,28,29)(H,30,31). The zero-order valence-electron chi connectivity index (χ0n) is 22.2. The van der Waals surface area contributed by atoms with E-state index in [1.165, 1.54) is 0 Å². The molecule has 34 heavy (non-hydrogen) atoms. The van der Waals surface area contributed by atoms with Crippen LogP contribution in [0.2, 0.25) is 0 Å². The first-order valence-corrected chi connectivity index (χ1v) is 11.8. The highest BCUT2D eigenvalue weighted by atomic mass is 16.5. The van der Waals surface area contributed by atoms with Crippen LogP contribution in [0, 0.1) is 0 Å². The summed E-state index contributed by atoms with van der Waals surface area (Å²) in [5.41, 5.74) is -2.31. The molecule has 3 atom stereocenters. The molecule has 0 aliphatic carbocycles. The Labute approximate surface area is 203 Å². The third-order valence-corrected chi connectivity index (χ3v) is 5.32. The van der Waals surface area contributed by atoms with Crippen LogP contribution >= 0.6 is 0 Å². The summed E-state index contributed by atoms with van der Waals surface area (Å²) >= 11 is 0. The number of ether oxygens (including phenoxy) is 3. The molecule has 2 N–H and O–H groups in total. The van der Waals surface area contributed by atoms with Gasteiger partial charge in [0.25, 0.3) is 0 Å². The van der Waals surface area contributed by atoms with E-state index in [4.69, 9.17) is 24.4 Å². The quantitative estimate of drug-likeness (QED) is 0.291. The molecule has 0 aromatic rings. The Hall–Kier alpha value is -1.84. The molecule has 9 heteroatoms. The van der Waals surface area contributed by atoms with Crippen molar-refractivity contribution in [1.82, 2.24) is 0 Å². The third-order valence-electron chi connectivity index (χ3n) is 5.32. The number of Topliss-reactive ketones (excluding diaryl/α,β-unsaturated/α-hetero) is 2. The molecule has 0 aromatic heterocycles. The van der Waals surface area contributed by atoms with E-state index < -0.39 is 34.8 Å². The maximum atomic E-state index is 12.3. The van der Waals surface area contributed by atoms with Gasteiger partial charge in [-0.15, -0.1) is 0 Å². The van der Waals surface area contributed by atoms with E-state index in [9.17, 15) is 19.2 Å². The van der Waals surface area contributed by atoms with E-state index in [-0.39, 0.29) is 49.5 Å². The van der Waals surface area contributed by atoms with E-state index in [1.807, 2.05) is 41.5 Å². The van der Waals surface area contributed by atoms with Crippen LogP contribution in [-0.2, 0) is 33.4 Å². The van der Waals surface area contributed by atoms with Gasteiger partial charge in [-0.1, -0.05) is 0 Å². The molecule has 0 spiro atoms. The first-order chi connectivity index (χ1) is 15.3. The molecule has 0 saturated heterocycles. The summed E-state index contributed by atoms with van der Waals surface area (Å²) in [4.78, 5) is 45.8. The first kappa shape index (κ1) is 32.2. The van der Waals surface area contributed by atoms with Crippen LogP contribution in [0.4, 0.5) is 0 Å². The molecule has 0 aromatic carbocycles. The summed E-state index contributed by atoms with van der Waals surface area (Å²) in [7, 11) is 0. The van der Waals surface area contributed by atoms with Gasteiger partial charge in [-0.2, -0.15) is 0 Å². The lowest BCUT2D eigenvalue weighted by molar-refractivity contribution is -0.174. The smallest absolute Gasteiger partial charge is 0.303 e. The van der Waals surface area contributed by atoms with E-state index in [0.29, 0.717) is 12.8 Å². The summed E-state index contributed by atoms with van der Waals surface area (Å²) in [6, 6.07) is 0. The van der Waals surface area contributed by atoms with Crippen molar-refractivity contribution < 1.29 is 43.6 Å². The lowest BCUT2D eigenvalue weighted by Gasteiger charge is -2.40. The van der Waals surface area contributed by atoms with Gasteiger partial charge < -0.3 is 24.4 Å². The van der Waals surface area contributed by atoms with Crippen LogP contribution in [0.3, 0.4) is 0 Å². The molecular formula is C25H44O9. The fourth-order valence-electron chi connectivity index (χ4n) is 4.25. The van der Waals surface area contributed by atoms with Crippen LogP contribution < -0.4 is 0 Å². The van der Waals surface area contributed by atoms with Gasteiger partial charge in [0.15, 0.2) is 11.6 Å². The van der Waals surface area contributed by atoms with Crippen molar-refractivity contribution in [2.24, 2.45) is 0 Å². The van der Waals surface area contributed by atoms with Crippen molar-refractivity contribution in [2.75, 3.05) is 0 Å². The molecule has 198 valence electrons. The van der Waals surface area contributed by atoms with Crippen molar-refractivity contribution in [2.45, 2.75) is 136 Å². The number of carbonyl (C=O) groups excluding carboxylic acids is 2. The molecule has 0 aliphatic heterocycles. The maximum Gasteiger partial charge on any atom is 0.303 e. The predicted octanol–water partition coefficient (Wildman–Crippen LogP) is 4.19. The number of carboxylic acid groups (broad SMARTS) is 2. The minimum Gasteiger partial charge on any atom is -0.481 e. The second-order valence-electron chi connectivity index (χ2n) is 10.7. The van der Waals surface area contributed by atoms with Crippen LogP contribution in [-0.4, -0.2) is 68.8 Å². The molecule has 3 unspecified atom stereocenters. The molecule has 0 saturated carbocycles. The highest BCUT2D eigenvalue weighted by Gasteiger charge is 2.36. The largest absolute Gasteiger partial charge is 0.481 e. The number of hydrogen-bond acceptors (Lipinski definition) is 7. The number of hydrogen-bond donors (Lipinski definition) is 2. The van der Waals surface area contributed by atoms with Gasteiger partial charge in [0, 0.05) is 25.7 Å². The first-order valence-electron chi connectivity index (χ1n) is 11.8. The zero-order chi connectivity index (χ0) is 26.9. The summed E-state index contributed by atoms with van der Waals surface area (Å²) in [5, 5.41) is 17.5. The molecule has 0 fully saturated rings.